The monoisotopic (exact) mass is 318 g/mol. The van der Waals surface area contributed by atoms with Gasteiger partial charge >= 0.3 is 5.92 Å². The molecule has 0 bridgehead atoms. The second kappa shape index (κ2) is 7.18. The molecular weight excluding hydrogens is 298 g/mol. The van der Waals surface area contributed by atoms with Crippen LogP contribution in [0.1, 0.15) is 31.7 Å². The van der Waals surface area contributed by atoms with E-state index in [2.05, 4.69) is 0 Å². The molecule has 0 aliphatic carbocycles. The molecule has 1 aliphatic heterocycles. The first kappa shape index (κ1) is 17.9. The molecule has 0 spiro atoms. The number of nitrogens with two attached hydrogens (primary N) is 1. The van der Waals surface area contributed by atoms with E-state index in [1.54, 1.807) is 13.0 Å². The maximum Gasteiger partial charge on any atom is 0.349 e. The van der Waals surface area contributed by atoms with Crippen molar-refractivity contribution in [1.82, 2.24) is 4.90 Å². The Morgan fingerprint density at radius 3 is 2.52 bits per heavy atom. The first-order valence-electron chi connectivity index (χ1n) is 6.94. The Labute approximate surface area is 129 Å². The molecule has 1 amide bonds. The van der Waals surface area contributed by atoms with Crippen molar-refractivity contribution in [3.63, 3.8) is 0 Å². The van der Waals surface area contributed by atoms with Crippen molar-refractivity contribution in [2.75, 3.05) is 6.54 Å². The van der Waals surface area contributed by atoms with Gasteiger partial charge in [-0.25, -0.2) is 0 Å². The molecule has 2 unspecified atom stereocenters. The number of alkyl halides is 2. The second-order valence-electron chi connectivity index (χ2n) is 5.36. The van der Waals surface area contributed by atoms with Crippen molar-refractivity contribution in [3.8, 4) is 0 Å². The molecule has 2 rings (SSSR count). The molecule has 1 fully saturated rings. The number of rotatable bonds is 3. The number of likely N-dealkylation sites (tertiary alicyclic amines) is 1. The molecule has 0 radical (unpaired) electrons. The fourth-order valence-electron chi connectivity index (χ4n) is 2.71. The van der Waals surface area contributed by atoms with Gasteiger partial charge in [-0.15, -0.1) is 12.4 Å². The highest BCUT2D eigenvalue weighted by Gasteiger charge is 2.46. The lowest BCUT2D eigenvalue weighted by atomic mass is 9.95. The van der Waals surface area contributed by atoms with Crippen LogP contribution in [0.25, 0.3) is 0 Å². The molecule has 2 N–H and O–H groups in total. The van der Waals surface area contributed by atoms with Gasteiger partial charge in [0.15, 0.2) is 0 Å². The van der Waals surface area contributed by atoms with Gasteiger partial charge in [0.1, 0.15) is 0 Å². The van der Waals surface area contributed by atoms with Crippen LogP contribution < -0.4 is 5.73 Å². The maximum absolute atomic E-state index is 14.3. The lowest BCUT2D eigenvalue weighted by molar-refractivity contribution is -0.163. The van der Waals surface area contributed by atoms with Crippen LogP contribution in [0.15, 0.2) is 30.3 Å². The minimum absolute atomic E-state index is 0. The van der Waals surface area contributed by atoms with Crippen molar-refractivity contribution in [2.24, 2.45) is 5.73 Å². The standard InChI is InChI=1S/C15H20F2N2O.ClH/c1-11(18)13-9-5-6-10-19(13)14(20)15(16,17)12-7-3-2-4-8-12;/h2-4,7-8,11,13H,5-6,9-10,18H2,1H3;1H. The van der Waals surface area contributed by atoms with Gasteiger partial charge in [0.05, 0.1) is 0 Å². The zero-order chi connectivity index (χ0) is 14.8. The average molecular weight is 319 g/mol. The van der Waals surface area contributed by atoms with E-state index in [-0.39, 0.29) is 30.1 Å². The Balaban J connectivity index is 0.00000220. The molecule has 1 heterocycles. The van der Waals surface area contributed by atoms with Crippen LogP contribution in [0.4, 0.5) is 8.78 Å². The maximum atomic E-state index is 14.3. The third kappa shape index (κ3) is 3.71. The van der Waals surface area contributed by atoms with Gasteiger partial charge in [0.2, 0.25) is 0 Å². The van der Waals surface area contributed by atoms with Crippen molar-refractivity contribution < 1.29 is 13.6 Å². The highest BCUT2D eigenvalue weighted by molar-refractivity contribution is 5.85. The quantitative estimate of drug-likeness (QED) is 0.931. The number of halogens is 3. The molecule has 1 saturated heterocycles. The van der Waals surface area contributed by atoms with Crippen LogP contribution in [0.3, 0.4) is 0 Å². The third-order valence-electron chi connectivity index (χ3n) is 3.82. The first-order valence-corrected chi connectivity index (χ1v) is 6.94. The van der Waals surface area contributed by atoms with E-state index >= 15 is 0 Å². The Kier molecular flexibility index (Phi) is 6.10. The highest BCUT2D eigenvalue weighted by Crippen LogP contribution is 2.33. The summed E-state index contributed by atoms with van der Waals surface area (Å²) < 4.78 is 28.7. The lowest BCUT2D eigenvalue weighted by Gasteiger charge is -2.39. The summed E-state index contributed by atoms with van der Waals surface area (Å²) in [6.07, 6.45) is 2.36. The van der Waals surface area contributed by atoms with E-state index in [0.29, 0.717) is 13.0 Å². The molecule has 1 aromatic carbocycles. The van der Waals surface area contributed by atoms with E-state index in [0.717, 1.165) is 12.8 Å². The van der Waals surface area contributed by atoms with E-state index < -0.39 is 11.8 Å². The number of carbonyl (C=O) groups is 1. The number of piperidine rings is 1. The molecule has 0 aromatic heterocycles. The van der Waals surface area contributed by atoms with Gasteiger partial charge in [-0.05, 0) is 26.2 Å². The van der Waals surface area contributed by atoms with Crippen molar-refractivity contribution in [3.05, 3.63) is 35.9 Å². The summed E-state index contributed by atoms with van der Waals surface area (Å²) in [7, 11) is 0. The zero-order valence-corrected chi connectivity index (χ0v) is 12.8. The van der Waals surface area contributed by atoms with Crippen LogP contribution in [0, 0.1) is 0 Å². The fraction of sp³-hybridized carbons (Fsp3) is 0.533. The van der Waals surface area contributed by atoms with Gasteiger partial charge in [0.25, 0.3) is 5.91 Å². The minimum Gasteiger partial charge on any atom is -0.333 e. The van der Waals surface area contributed by atoms with Gasteiger partial charge < -0.3 is 10.6 Å². The van der Waals surface area contributed by atoms with Crippen molar-refractivity contribution >= 4 is 18.3 Å². The molecule has 1 aliphatic rings. The molecule has 2 atom stereocenters. The SMILES string of the molecule is CC(N)C1CCCCN1C(=O)C(F)(F)c1ccccc1.Cl. The topological polar surface area (TPSA) is 46.3 Å². The van der Waals surface area contributed by atoms with Crippen LogP contribution in [0.5, 0.6) is 0 Å². The van der Waals surface area contributed by atoms with Crippen molar-refractivity contribution in [2.45, 2.75) is 44.2 Å². The summed E-state index contributed by atoms with van der Waals surface area (Å²) in [5, 5.41) is 0. The molecule has 1 aromatic rings. The zero-order valence-electron chi connectivity index (χ0n) is 12.0. The fourth-order valence-corrected chi connectivity index (χ4v) is 2.71. The number of amides is 1. The Morgan fingerprint density at radius 2 is 1.95 bits per heavy atom. The van der Waals surface area contributed by atoms with E-state index in [9.17, 15) is 13.6 Å². The summed E-state index contributed by atoms with van der Waals surface area (Å²) >= 11 is 0. The number of carbonyl (C=O) groups excluding carboxylic acids is 1. The summed E-state index contributed by atoms with van der Waals surface area (Å²) in [6.45, 7) is 2.12. The summed E-state index contributed by atoms with van der Waals surface area (Å²) in [5.41, 5.74) is 5.57. The molecule has 118 valence electrons. The predicted molar refractivity (Wildman–Crippen MR) is 80.6 cm³/mol. The van der Waals surface area contributed by atoms with Crippen LogP contribution >= 0.6 is 12.4 Å². The van der Waals surface area contributed by atoms with E-state index in [4.69, 9.17) is 5.73 Å². The van der Waals surface area contributed by atoms with Gasteiger partial charge in [-0.1, -0.05) is 30.3 Å². The van der Waals surface area contributed by atoms with Crippen LogP contribution in [-0.4, -0.2) is 29.4 Å². The van der Waals surface area contributed by atoms with Gasteiger partial charge in [-0.2, -0.15) is 8.78 Å². The average Bonchev–Trinajstić information content (AvgIpc) is 2.47. The second-order valence-corrected chi connectivity index (χ2v) is 5.36. The summed E-state index contributed by atoms with van der Waals surface area (Å²) in [4.78, 5) is 13.5. The Hall–Kier alpha value is -1.20. The van der Waals surface area contributed by atoms with E-state index in [1.165, 1.54) is 29.2 Å². The normalized spacial score (nSPS) is 20.6. The molecule has 21 heavy (non-hydrogen) atoms. The third-order valence-corrected chi connectivity index (χ3v) is 3.82. The van der Waals surface area contributed by atoms with Gasteiger partial charge in [-0.3, -0.25) is 4.79 Å². The number of hydrogen-bond donors (Lipinski definition) is 1. The highest BCUT2D eigenvalue weighted by atomic mass is 35.5. The Morgan fingerprint density at radius 1 is 1.33 bits per heavy atom. The number of nitrogens with zero attached hydrogens (tertiary/aromatic N) is 1. The first-order chi connectivity index (χ1) is 9.44. The van der Waals surface area contributed by atoms with Crippen LogP contribution in [-0.2, 0) is 10.7 Å². The molecule has 6 heteroatoms. The molecule has 0 saturated carbocycles. The Bertz CT molecular complexity index is 468. The molecule has 3 nitrogen and oxygen atoms in total. The summed E-state index contributed by atoms with van der Waals surface area (Å²) in [6, 6.07) is 6.63. The summed E-state index contributed by atoms with van der Waals surface area (Å²) in [5.74, 6) is -4.63. The minimum atomic E-state index is -3.49. The van der Waals surface area contributed by atoms with Crippen molar-refractivity contribution in [1.29, 1.82) is 0 Å². The lowest BCUT2D eigenvalue weighted by Crippen LogP contribution is -2.55. The van der Waals surface area contributed by atoms with Gasteiger partial charge in [0, 0.05) is 24.2 Å². The predicted octanol–water partition coefficient (Wildman–Crippen LogP) is 2.93. The largest absolute Gasteiger partial charge is 0.349 e. The number of benzene rings is 1. The number of hydrogen-bond acceptors (Lipinski definition) is 2. The smallest absolute Gasteiger partial charge is 0.333 e. The molecular formula is C15H21ClF2N2O. The van der Waals surface area contributed by atoms with E-state index in [1.807, 2.05) is 0 Å². The van der Waals surface area contributed by atoms with Crippen LogP contribution in [0.2, 0.25) is 0 Å².